The van der Waals surface area contributed by atoms with E-state index in [1.54, 1.807) is 22.8 Å². The van der Waals surface area contributed by atoms with Gasteiger partial charge in [-0.05, 0) is 16.8 Å². The van der Waals surface area contributed by atoms with Gasteiger partial charge in [-0.15, -0.1) is 0 Å². The monoisotopic (exact) mass is 265 g/mol. The van der Waals surface area contributed by atoms with Gasteiger partial charge < -0.3 is 0 Å². The molecule has 0 N–H and O–H groups in total. The summed E-state index contributed by atoms with van der Waals surface area (Å²) < 4.78 is 1.68. The van der Waals surface area contributed by atoms with Crippen molar-refractivity contribution in [1.29, 1.82) is 0 Å². The summed E-state index contributed by atoms with van der Waals surface area (Å²) in [4.78, 5) is 14.3. The second-order valence-electron chi connectivity index (χ2n) is 4.70. The van der Waals surface area contributed by atoms with Crippen molar-refractivity contribution in [2.24, 2.45) is 7.05 Å². The first-order valence-corrected chi connectivity index (χ1v) is 6.42. The van der Waals surface area contributed by atoms with Crippen LogP contribution in [0.3, 0.4) is 0 Å². The first-order valence-electron chi connectivity index (χ1n) is 6.42. The molecule has 0 saturated heterocycles. The molecule has 1 aromatic heterocycles. The van der Waals surface area contributed by atoms with E-state index in [1.807, 2.05) is 55.6 Å². The first-order chi connectivity index (χ1) is 9.68. The molecule has 4 nitrogen and oxygen atoms in total. The lowest BCUT2D eigenvalue weighted by molar-refractivity contribution is 0.0993. The number of carbonyl (C=O) groups is 1. The normalized spacial score (nSPS) is 10.7. The molecule has 1 amide bonds. The lowest BCUT2D eigenvalue weighted by Crippen LogP contribution is -2.28. The van der Waals surface area contributed by atoms with E-state index in [9.17, 15) is 4.79 Å². The molecule has 0 bridgehead atoms. The van der Waals surface area contributed by atoms with E-state index >= 15 is 0 Å². The molecule has 1 heterocycles. The van der Waals surface area contributed by atoms with Crippen molar-refractivity contribution in [3.8, 4) is 0 Å². The fourth-order valence-corrected chi connectivity index (χ4v) is 2.39. The number of benzene rings is 2. The smallest absolute Gasteiger partial charge is 0.259 e. The second kappa shape index (κ2) is 4.81. The van der Waals surface area contributed by atoms with E-state index in [1.165, 1.54) is 0 Å². The molecule has 0 saturated carbocycles. The van der Waals surface area contributed by atoms with E-state index in [-0.39, 0.29) is 5.91 Å². The molecular formula is C16H15N3O. The Labute approximate surface area is 117 Å². The third kappa shape index (κ3) is 1.95. The van der Waals surface area contributed by atoms with E-state index in [4.69, 9.17) is 0 Å². The number of aromatic nitrogens is 2. The van der Waals surface area contributed by atoms with Crippen LogP contribution in [0.1, 0.15) is 10.4 Å². The Morgan fingerprint density at radius 2 is 1.85 bits per heavy atom. The number of carbonyl (C=O) groups excluding carboxylic acids is 1. The van der Waals surface area contributed by atoms with Gasteiger partial charge in [0.25, 0.3) is 5.91 Å². The van der Waals surface area contributed by atoms with Crippen molar-refractivity contribution in [3.63, 3.8) is 0 Å². The third-order valence-electron chi connectivity index (χ3n) is 3.46. The van der Waals surface area contributed by atoms with Crippen LogP contribution in [0.4, 0.5) is 5.82 Å². The van der Waals surface area contributed by atoms with Crippen LogP contribution in [0.2, 0.25) is 0 Å². The molecule has 100 valence electrons. The summed E-state index contributed by atoms with van der Waals surface area (Å²) in [6.45, 7) is 0. The molecule has 0 aliphatic carbocycles. The lowest BCUT2D eigenvalue weighted by Gasteiger charge is -2.18. The van der Waals surface area contributed by atoms with E-state index < -0.39 is 0 Å². The number of anilines is 1. The Kier molecular flexibility index (Phi) is 2.99. The Hall–Kier alpha value is -2.62. The van der Waals surface area contributed by atoms with Gasteiger partial charge in [0, 0.05) is 25.7 Å². The van der Waals surface area contributed by atoms with Gasteiger partial charge >= 0.3 is 0 Å². The molecule has 0 aliphatic rings. The quantitative estimate of drug-likeness (QED) is 0.714. The topological polar surface area (TPSA) is 38.1 Å². The highest BCUT2D eigenvalue weighted by Crippen LogP contribution is 2.21. The van der Waals surface area contributed by atoms with Gasteiger partial charge in [-0.25, -0.2) is 0 Å². The molecular weight excluding hydrogens is 250 g/mol. The number of hydrogen-bond donors (Lipinski definition) is 0. The molecule has 3 aromatic rings. The van der Waals surface area contributed by atoms with Crippen molar-refractivity contribution < 1.29 is 4.79 Å². The predicted octanol–water partition coefficient (Wildman–Crippen LogP) is 2.85. The van der Waals surface area contributed by atoms with Crippen molar-refractivity contribution >= 4 is 22.5 Å². The Morgan fingerprint density at radius 1 is 1.10 bits per heavy atom. The van der Waals surface area contributed by atoms with Crippen LogP contribution in [-0.4, -0.2) is 22.7 Å². The van der Waals surface area contributed by atoms with Gasteiger partial charge in [0.2, 0.25) is 0 Å². The van der Waals surface area contributed by atoms with Crippen LogP contribution in [0.5, 0.6) is 0 Å². The maximum Gasteiger partial charge on any atom is 0.259 e. The van der Waals surface area contributed by atoms with Crippen LogP contribution in [-0.2, 0) is 7.05 Å². The number of fused-ring (bicyclic) bond motifs is 1. The fourth-order valence-electron chi connectivity index (χ4n) is 2.39. The van der Waals surface area contributed by atoms with Crippen LogP contribution in [0, 0.1) is 0 Å². The molecule has 20 heavy (non-hydrogen) atoms. The molecule has 0 unspecified atom stereocenters. The summed E-state index contributed by atoms with van der Waals surface area (Å²) in [5.41, 5.74) is 0.701. The van der Waals surface area contributed by atoms with Gasteiger partial charge in [0.05, 0.1) is 6.20 Å². The average Bonchev–Trinajstić information content (AvgIpc) is 2.91. The second-order valence-corrected chi connectivity index (χ2v) is 4.70. The van der Waals surface area contributed by atoms with Gasteiger partial charge in [0.15, 0.2) is 0 Å². The zero-order chi connectivity index (χ0) is 14.1. The van der Waals surface area contributed by atoms with Crippen LogP contribution in [0.25, 0.3) is 10.8 Å². The van der Waals surface area contributed by atoms with Crippen LogP contribution in [0.15, 0.2) is 54.7 Å². The Morgan fingerprint density at radius 3 is 2.60 bits per heavy atom. The van der Waals surface area contributed by atoms with Gasteiger partial charge in [-0.1, -0.05) is 36.4 Å². The molecule has 2 aromatic carbocycles. The van der Waals surface area contributed by atoms with Gasteiger partial charge in [0.1, 0.15) is 5.82 Å². The highest BCUT2D eigenvalue weighted by Gasteiger charge is 2.17. The van der Waals surface area contributed by atoms with Crippen molar-refractivity contribution in [2.45, 2.75) is 0 Å². The van der Waals surface area contributed by atoms with E-state index in [2.05, 4.69) is 5.10 Å². The minimum atomic E-state index is -0.0367. The summed E-state index contributed by atoms with van der Waals surface area (Å²) in [5.74, 6) is 0.730. The van der Waals surface area contributed by atoms with E-state index in [0.29, 0.717) is 5.56 Å². The summed E-state index contributed by atoms with van der Waals surface area (Å²) in [7, 11) is 3.59. The Bertz CT molecular complexity index is 771. The Balaban J connectivity index is 2.07. The van der Waals surface area contributed by atoms with Crippen molar-refractivity contribution in [2.75, 3.05) is 11.9 Å². The minimum absolute atomic E-state index is 0.0367. The van der Waals surface area contributed by atoms with E-state index in [0.717, 1.165) is 16.6 Å². The minimum Gasteiger partial charge on any atom is -0.296 e. The van der Waals surface area contributed by atoms with Gasteiger partial charge in [-0.3, -0.25) is 14.4 Å². The highest BCUT2D eigenvalue weighted by atomic mass is 16.2. The zero-order valence-electron chi connectivity index (χ0n) is 11.4. The summed E-state index contributed by atoms with van der Waals surface area (Å²) in [6.07, 6.45) is 1.68. The summed E-state index contributed by atoms with van der Waals surface area (Å²) in [5, 5.41) is 6.13. The maximum atomic E-state index is 12.7. The van der Waals surface area contributed by atoms with Crippen LogP contribution < -0.4 is 4.90 Å². The predicted molar refractivity (Wildman–Crippen MR) is 79.9 cm³/mol. The third-order valence-corrected chi connectivity index (χ3v) is 3.46. The first kappa shape index (κ1) is 12.4. The zero-order valence-corrected chi connectivity index (χ0v) is 11.4. The summed E-state index contributed by atoms with van der Waals surface area (Å²) >= 11 is 0. The standard InChI is InChI=1S/C16H15N3O/c1-18(15-10-11-17-19(15)2)16(20)14-9-5-7-12-6-3-4-8-13(12)14/h3-11H,1-2H3. The number of nitrogens with zero attached hydrogens (tertiary/aromatic N) is 3. The molecule has 0 spiro atoms. The van der Waals surface area contributed by atoms with Crippen LogP contribution >= 0.6 is 0 Å². The number of amides is 1. The lowest BCUT2D eigenvalue weighted by atomic mass is 10.0. The number of rotatable bonds is 2. The number of aryl methyl sites for hydroxylation is 1. The fraction of sp³-hybridized carbons (Fsp3) is 0.125. The highest BCUT2D eigenvalue weighted by molar-refractivity contribution is 6.13. The SMILES string of the molecule is CN(C(=O)c1cccc2ccccc12)c1ccnn1C. The van der Waals surface area contributed by atoms with Crippen molar-refractivity contribution in [3.05, 3.63) is 60.3 Å². The average molecular weight is 265 g/mol. The molecule has 0 aliphatic heterocycles. The maximum absolute atomic E-state index is 12.7. The molecule has 3 rings (SSSR count). The van der Waals surface area contributed by atoms with Crippen molar-refractivity contribution in [1.82, 2.24) is 9.78 Å². The molecule has 0 fully saturated rings. The molecule has 4 heteroatoms. The molecule has 0 radical (unpaired) electrons. The summed E-state index contributed by atoms with van der Waals surface area (Å²) in [6, 6.07) is 15.5. The van der Waals surface area contributed by atoms with Gasteiger partial charge in [-0.2, -0.15) is 5.10 Å². The largest absolute Gasteiger partial charge is 0.296 e. The number of hydrogen-bond acceptors (Lipinski definition) is 2. The molecule has 0 atom stereocenters.